The second kappa shape index (κ2) is 5.87. The van der Waals surface area contributed by atoms with E-state index in [0.717, 1.165) is 18.8 Å². The van der Waals surface area contributed by atoms with Crippen LogP contribution in [0.4, 0.5) is 17.4 Å². The first-order chi connectivity index (χ1) is 10.2. The SMILES string of the molecule is Nc1nc(C(=O)Nc2ccc(N3CCCCC3)cc2)co1. The topological polar surface area (TPSA) is 84.4 Å². The molecule has 6 heteroatoms. The molecule has 0 saturated carbocycles. The number of nitrogens with one attached hydrogen (secondary N) is 1. The van der Waals surface area contributed by atoms with Crippen molar-refractivity contribution in [3.63, 3.8) is 0 Å². The molecule has 3 N–H and O–H groups in total. The molecule has 1 fully saturated rings. The lowest BCUT2D eigenvalue weighted by Crippen LogP contribution is -2.29. The molecule has 3 rings (SSSR count). The van der Waals surface area contributed by atoms with Gasteiger partial charge in [0.05, 0.1) is 0 Å². The fourth-order valence-corrected chi connectivity index (χ4v) is 2.49. The maximum absolute atomic E-state index is 11.9. The second-order valence-electron chi connectivity index (χ2n) is 5.12. The first-order valence-corrected chi connectivity index (χ1v) is 7.10. The number of benzene rings is 1. The Bertz CT molecular complexity index is 615. The van der Waals surface area contributed by atoms with Crippen molar-refractivity contribution in [1.29, 1.82) is 0 Å². The van der Waals surface area contributed by atoms with Crippen LogP contribution in [0.2, 0.25) is 0 Å². The van der Waals surface area contributed by atoms with Gasteiger partial charge in [0.1, 0.15) is 6.26 Å². The number of carbonyl (C=O) groups excluding carboxylic acids is 1. The van der Waals surface area contributed by atoms with Gasteiger partial charge in [-0.25, -0.2) is 0 Å². The summed E-state index contributed by atoms with van der Waals surface area (Å²) < 4.78 is 4.82. The summed E-state index contributed by atoms with van der Waals surface area (Å²) in [6.45, 7) is 2.20. The van der Waals surface area contributed by atoms with Gasteiger partial charge in [0.2, 0.25) is 0 Å². The number of piperidine rings is 1. The fraction of sp³-hybridized carbons (Fsp3) is 0.333. The third-order valence-electron chi connectivity index (χ3n) is 3.60. The molecule has 1 amide bonds. The highest BCUT2D eigenvalue weighted by Gasteiger charge is 2.13. The Hall–Kier alpha value is -2.50. The van der Waals surface area contributed by atoms with Gasteiger partial charge in [0.25, 0.3) is 11.9 Å². The standard InChI is InChI=1S/C15H18N4O2/c16-15-18-13(10-21-15)14(20)17-11-4-6-12(7-5-11)19-8-2-1-3-9-19/h4-7,10H,1-3,8-9H2,(H2,16,18)(H,17,20). The normalized spacial score (nSPS) is 15.0. The highest BCUT2D eigenvalue weighted by molar-refractivity contribution is 6.02. The molecule has 0 spiro atoms. The number of hydrogen-bond acceptors (Lipinski definition) is 5. The highest BCUT2D eigenvalue weighted by Crippen LogP contribution is 2.22. The summed E-state index contributed by atoms with van der Waals surface area (Å²) in [6.07, 6.45) is 5.04. The van der Waals surface area contributed by atoms with Crippen LogP contribution in [-0.2, 0) is 0 Å². The smallest absolute Gasteiger partial charge is 0.292 e. The molecule has 110 valence electrons. The third kappa shape index (κ3) is 3.16. The molecule has 6 nitrogen and oxygen atoms in total. The minimum Gasteiger partial charge on any atom is -0.431 e. The Morgan fingerprint density at radius 1 is 1.19 bits per heavy atom. The number of nitrogens with two attached hydrogens (primary N) is 1. The van der Waals surface area contributed by atoms with Crippen molar-refractivity contribution < 1.29 is 9.21 Å². The van der Waals surface area contributed by atoms with E-state index in [2.05, 4.69) is 15.2 Å². The first-order valence-electron chi connectivity index (χ1n) is 7.10. The van der Waals surface area contributed by atoms with Crippen molar-refractivity contribution in [2.75, 3.05) is 29.0 Å². The van der Waals surface area contributed by atoms with E-state index >= 15 is 0 Å². The van der Waals surface area contributed by atoms with Gasteiger partial charge in [-0.15, -0.1) is 0 Å². The number of oxazole rings is 1. The Morgan fingerprint density at radius 3 is 2.52 bits per heavy atom. The van der Waals surface area contributed by atoms with E-state index in [-0.39, 0.29) is 17.6 Å². The summed E-state index contributed by atoms with van der Waals surface area (Å²) in [5, 5.41) is 2.77. The van der Waals surface area contributed by atoms with Crippen molar-refractivity contribution in [1.82, 2.24) is 4.98 Å². The lowest BCUT2D eigenvalue weighted by molar-refractivity contribution is 0.102. The third-order valence-corrected chi connectivity index (χ3v) is 3.60. The molecule has 1 aromatic carbocycles. The van der Waals surface area contributed by atoms with Crippen LogP contribution in [-0.4, -0.2) is 24.0 Å². The molecule has 0 aliphatic carbocycles. The summed E-state index contributed by atoms with van der Waals surface area (Å²) in [4.78, 5) is 18.1. The van der Waals surface area contributed by atoms with Crippen LogP contribution in [0.5, 0.6) is 0 Å². The Balaban J connectivity index is 1.65. The molecule has 1 saturated heterocycles. The molecular formula is C15H18N4O2. The van der Waals surface area contributed by atoms with E-state index in [1.165, 1.54) is 31.2 Å². The zero-order valence-corrected chi connectivity index (χ0v) is 11.7. The van der Waals surface area contributed by atoms with E-state index < -0.39 is 0 Å². The van der Waals surface area contributed by atoms with Gasteiger partial charge in [-0.2, -0.15) is 4.98 Å². The number of carbonyl (C=O) groups is 1. The number of aromatic nitrogens is 1. The zero-order chi connectivity index (χ0) is 14.7. The Labute approximate surface area is 122 Å². The molecule has 2 heterocycles. The summed E-state index contributed by atoms with van der Waals surface area (Å²) in [6, 6.07) is 7.83. The number of nitrogen functional groups attached to an aromatic ring is 1. The van der Waals surface area contributed by atoms with E-state index in [4.69, 9.17) is 10.2 Å². The predicted octanol–water partition coefficient (Wildman–Crippen LogP) is 2.50. The molecule has 0 atom stereocenters. The first kappa shape index (κ1) is 13.5. The van der Waals surface area contributed by atoms with Crippen molar-refractivity contribution in [2.24, 2.45) is 0 Å². The minimum absolute atomic E-state index is 0.0133. The molecule has 1 aliphatic heterocycles. The monoisotopic (exact) mass is 286 g/mol. The zero-order valence-electron chi connectivity index (χ0n) is 11.7. The molecule has 0 unspecified atom stereocenters. The Morgan fingerprint density at radius 2 is 1.90 bits per heavy atom. The number of rotatable bonds is 3. The van der Waals surface area contributed by atoms with Crippen LogP contribution in [0.25, 0.3) is 0 Å². The van der Waals surface area contributed by atoms with Gasteiger partial charge in [-0.3, -0.25) is 4.79 Å². The molecule has 1 aromatic heterocycles. The quantitative estimate of drug-likeness (QED) is 0.905. The van der Waals surface area contributed by atoms with Crippen LogP contribution < -0.4 is 16.0 Å². The van der Waals surface area contributed by atoms with Crippen molar-refractivity contribution in [3.05, 3.63) is 36.2 Å². The van der Waals surface area contributed by atoms with Crippen LogP contribution in [0.15, 0.2) is 34.9 Å². The average Bonchev–Trinajstić information content (AvgIpc) is 2.96. The average molecular weight is 286 g/mol. The number of amides is 1. The molecule has 2 aromatic rings. The molecule has 1 aliphatic rings. The van der Waals surface area contributed by atoms with Gasteiger partial charge >= 0.3 is 0 Å². The molecule has 21 heavy (non-hydrogen) atoms. The van der Waals surface area contributed by atoms with Crippen LogP contribution in [0, 0.1) is 0 Å². The van der Waals surface area contributed by atoms with E-state index in [0.29, 0.717) is 0 Å². The van der Waals surface area contributed by atoms with Crippen molar-refractivity contribution >= 4 is 23.3 Å². The molecule has 0 radical (unpaired) electrons. The van der Waals surface area contributed by atoms with Crippen molar-refractivity contribution in [3.8, 4) is 0 Å². The van der Waals surface area contributed by atoms with Gasteiger partial charge in [-0.05, 0) is 43.5 Å². The summed E-state index contributed by atoms with van der Waals surface area (Å²) >= 11 is 0. The Kier molecular flexibility index (Phi) is 3.77. The second-order valence-corrected chi connectivity index (χ2v) is 5.12. The van der Waals surface area contributed by atoms with Gasteiger partial charge in [0.15, 0.2) is 5.69 Å². The number of hydrogen-bond donors (Lipinski definition) is 2. The maximum atomic E-state index is 11.9. The van der Waals surface area contributed by atoms with E-state index in [1.54, 1.807) is 0 Å². The maximum Gasteiger partial charge on any atom is 0.292 e. The fourth-order valence-electron chi connectivity index (χ4n) is 2.49. The minimum atomic E-state index is -0.332. The molecule has 0 bridgehead atoms. The van der Waals surface area contributed by atoms with Gasteiger partial charge in [0, 0.05) is 24.5 Å². The van der Waals surface area contributed by atoms with E-state index in [9.17, 15) is 4.79 Å². The van der Waals surface area contributed by atoms with Gasteiger partial charge in [-0.1, -0.05) is 0 Å². The highest BCUT2D eigenvalue weighted by atomic mass is 16.4. The largest absolute Gasteiger partial charge is 0.431 e. The van der Waals surface area contributed by atoms with E-state index in [1.807, 2.05) is 24.3 Å². The van der Waals surface area contributed by atoms with Crippen molar-refractivity contribution in [2.45, 2.75) is 19.3 Å². The lowest BCUT2D eigenvalue weighted by atomic mass is 10.1. The summed E-state index contributed by atoms with van der Waals surface area (Å²) in [5.41, 5.74) is 7.44. The predicted molar refractivity (Wildman–Crippen MR) is 81.4 cm³/mol. The van der Waals surface area contributed by atoms with Crippen LogP contribution in [0.3, 0.4) is 0 Å². The van der Waals surface area contributed by atoms with Gasteiger partial charge < -0.3 is 20.4 Å². The number of nitrogens with zero attached hydrogens (tertiary/aromatic N) is 2. The van der Waals surface area contributed by atoms with Crippen LogP contribution in [0.1, 0.15) is 29.8 Å². The van der Waals surface area contributed by atoms with Crippen LogP contribution >= 0.6 is 0 Å². The summed E-state index contributed by atoms with van der Waals surface area (Å²) in [7, 11) is 0. The lowest BCUT2D eigenvalue weighted by Gasteiger charge is -2.28. The number of anilines is 3. The molecular weight excluding hydrogens is 268 g/mol. The summed E-state index contributed by atoms with van der Waals surface area (Å²) in [5.74, 6) is -0.332.